The Kier molecular flexibility index (Phi) is 7.14. The van der Waals surface area contributed by atoms with Crippen molar-refractivity contribution in [3.8, 4) is 0 Å². The van der Waals surface area contributed by atoms with Gasteiger partial charge in [0, 0.05) is 29.4 Å². The van der Waals surface area contributed by atoms with Crippen molar-refractivity contribution in [2.45, 2.75) is 33.6 Å². The summed E-state index contributed by atoms with van der Waals surface area (Å²) in [5.74, 6) is -1.11. The predicted octanol–water partition coefficient (Wildman–Crippen LogP) is 4.25. The molecule has 4 N–H and O–H groups in total. The van der Waals surface area contributed by atoms with Crippen LogP contribution in [0.4, 0.5) is 21.9 Å². The third kappa shape index (κ3) is 6.42. The molecule has 0 bridgehead atoms. The average Bonchev–Trinajstić information content (AvgIpc) is 2.63. The lowest BCUT2D eigenvalue weighted by atomic mass is 10.1. The molecule has 7 nitrogen and oxygen atoms in total. The first-order chi connectivity index (χ1) is 13.2. The molecule has 0 radical (unpaired) electrons. The summed E-state index contributed by atoms with van der Waals surface area (Å²) in [6.07, 6.45) is 0.424. The number of rotatable bonds is 7. The summed E-state index contributed by atoms with van der Waals surface area (Å²) in [4.78, 5) is 34.9. The quantitative estimate of drug-likeness (QED) is 0.573. The zero-order chi connectivity index (χ0) is 20.7. The van der Waals surface area contributed by atoms with Crippen LogP contribution >= 0.6 is 0 Å². The number of hydrogen-bond acceptors (Lipinski definition) is 3. The van der Waals surface area contributed by atoms with Crippen LogP contribution < -0.4 is 16.0 Å². The Bertz CT molecular complexity index is 878. The number of urea groups is 1. The highest BCUT2D eigenvalue weighted by molar-refractivity contribution is 6.01. The number of anilines is 3. The van der Waals surface area contributed by atoms with Gasteiger partial charge < -0.3 is 21.1 Å². The Morgan fingerprint density at radius 1 is 0.964 bits per heavy atom. The molecule has 28 heavy (non-hydrogen) atoms. The van der Waals surface area contributed by atoms with E-state index in [0.717, 1.165) is 11.1 Å². The van der Waals surface area contributed by atoms with Crippen molar-refractivity contribution < 1.29 is 19.5 Å². The SMILES string of the molecule is Cc1ccc(NC(=O)C(C)C)cc1NC(=O)Nc1cccc(CCC(=O)O)c1. The highest BCUT2D eigenvalue weighted by Crippen LogP contribution is 2.21. The highest BCUT2D eigenvalue weighted by Gasteiger charge is 2.10. The molecule has 7 heteroatoms. The van der Waals surface area contributed by atoms with Crippen LogP contribution in [0.3, 0.4) is 0 Å². The summed E-state index contributed by atoms with van der Waals surface area (Å²) in [5, 5.41) is 17.1. The van der Waals surface area contributed by atoms with Crippen LogP contribution in [0.25, 0.3) is 0 Å². The van der Waals surface area contributed by atoms with Gasteiger partial charge in [-0.1, -0.05) is 32.0 Å². The molecule has 148 valence electrons. The number of carbonyl (C=O) groups is 3. The van der Waals surface area contributed by atoms with Gasteiger partial charge in [0.25, 0.3) is 0 Å². The molecule has 0 fully saturated rings. The van der Waals surface area contributed by atoms with Gasteiger partial charge in [-0.3, -0.25) is 9.59 Å². The molecule has 2 aromatic carbocycles. The minimum atomic E-state index is -0.865. The van der Waals surface area contributed by atoms with Crippen LogP contribution in [0.2, 0.25) is 0 Å². The van der Waals surface area contributed by atoms with Crippen molar-refractivity contribution in [2.75, 3.05) is 16.0 Å². The maximum absolute atomic E-state index is 12.3. The molecule has 0 unspecified atom stereocenters. The lowest BCUT2D eigenvalue weighted by Crippen LogP contribution is -2.21. The molecule has 0 aliphatic heterocycles. The predicted molar refractivity (Wildman–Crippen MR) is 110 cm³/mol. The van der Waals surface area contributed by atoms with Gasteiger partial charge in [-0.05, 0) is 48.7 Å². The molecule has 3 amide bonds. The van der Waals surface area contributed by atoms with E-state index in [1.807, 2.05) is 19.1 Å². The molecular formula is C21H25N3O4. The van der Waals surface area contributed by atoms with Gasteiger partial charge in [0.05, 0.1) is 0 Å². The number of carbonyl (C=O) groups excluding carboxylic acids is 2. The second-order valence-corrected chi connectivity index (χ2v) is 6.85. The van der Waals surface area contributed by atoms with Gasteiger partial charge in [0.1, 0.15) is 0 Å². The normalized spacial score (nSPS) is 10.4. The van der Waals surface area contributed by atoms with E-state index in [4.69, 9.17) is 5.11 Å². The van der Waals surface area contributed by atoms with Crippen LogP contribution in [0.15, 0.2) is 42.5 Å². The van der Waals surface area contributed by atoms with Crippen LogP contribution in [0.5, 0.6) is 0 Å². The zero-order valence-corrected chi connectivity index (χ0v) is 16.2. The van der Waals surface area contributed by atoms with Crippen LogP contribution in [-0.2, 0) is 16.0 Å². The molecule has 2 rings (SSSR count). The van der Waals surface area contributed by atoms with Crippen molar-refractivity contribution in [1.82, 2.24) is 0 Å². The fraction of sp³-hybridized carbons (Fsp3) is 0.286. The van der Waals surface area contributed by atoms with Gasteiger partial charge in [-0.15, -0.1) is 0 Å². The smallest absolute Gasteiger partial charge is 0.323 e. The molecular weight excluding hydrogens is 358 g/mol. The largest absolute Gasteiger partial charge is 0.481 e. The van der Waals surface area contributed by atoms with E-state index in [9.17, 15) is 14.4 Å². The van der Waals surface area contributed by atoms with E-state index < -0.39 is 12.0 Å². The third-order valence-corrected chi connectivity index (χ3v) is 4.09. The van der Waals surface area contributed by atoms with Crippen molar-refractivity contribution in [3.63, 3.8) is 0 Å². The third-order valence-electron chi connectivity index (χ3n) is 4.09. The van der Waals surface area contributed by atoms with E-state index in [1.165, 1.54) is 0 Å². The van der Waals surface area contributed by atoms with Crippen LogP contribution in [0, 0.1) is 12.8 Å². The second kappa shape index (κ2) is 9.55. The summed E-state index contributed by atoms with van der Waals surface area (Å²) in [5.41, 5.74) is 3.45. The lowest BCUT2D eigenvalue weighted by molar-refractivity contribution is -0.137. The zero-order valence-electron chi connectivity index (χ0n) is 16.2. The maximum atomic E-state index is 12.3. The van der Waals surface area contributed by atoms with Gasteiger partial charge in [-0.2, -0.15) is 0 Å². The molecule has 0 saturated carbocycles. The van der Waals surface area contributed by atoms with Gasteiger partial charge in [0.15, 0.2) is 0 Å². The Labute approximate surface area is 164 Å². The summed E-state index contributed by atoms with van der Waals surface area (Å²) in [6, 6.07) is 11.9. The van der Waals surface area contributed by atoms with Crippen molar-refractivity contribution >= 4 is 35.0 Å². The summed E-state index contributed by atoms with van der Waals surface area (Å²) in [6.45, 7) is 5.47. The number of carboxylic acid groups (broad SMARTS) is 1. The molecule has 0 saturated heterocycles. The summed E-state index contributed by atoms with van der Waals surface area (Å²) < 4.78 is 0. The topological polar surface area (TPSA) is 108 Å². The monoisotopic (exact) mass is 383 g/mol. The minimum Gasteiger partial charge on any atom is -0.481 e. The Balaban J connectivity index is 2.03. The first-order valence-electron chi connectivity index (χ1n) is 9.05. The number of benzene rings is 2. The highest BCUT2D eigenvalue weighted by atomic mass is 16.4. The molecule has 0 heterocycles. The van der Waals surface area contributed by atoms with E-state index in [2.05, 4.69) is 16.0 Å². The Morgan fingerprint density at radius 2 is 1.68 bits per heavy atom. The number of aryl methyl sites for hydroxylation is 2. The van der Waals surface area contributed by atoms with Gasteiger partial charge in [-0.25, -0.2) is 4.79 Å². The summed E-state index contributed by atoms with van der Waals surface area (Å²) >= 11 is 0. The van der Waals surface area contributed by atoms with Crippen LogP contribution in [0.1, 0.15) is 31.4 Å². The van der Waals surface area contributed by atoms with Crippen molar-refractivity contribution in [3.05, 3.63) is 53.6 Å². The van der Waals surface area contributed by atoms with Crippen molar-refractivity contribution in [1.29, 1.82) is 0 Å². The van der Waals surface area contributed by atoms with E-state index >= 15 is 0 Å². The van der Waals surface area contributed by atoms with E-state index in [-0.39, 0.29) is 18.2 Å². The maximum Gasteiger partial charge on any atom is 0.323 e. The van der Waals surface area contributed by atoms with Crippen molar-refractivity contribution in [2.24, 2.45) is 5.92 Å². The first kappa shape index (κ1) is 21.0. The van der Waals surface area contributed by atoms with Gasteiger partial charge >= 0.3 is 12.0 Å². The van der Waals surface area contributed by atoms with Crippen LogP contribution in [-0.4, -0.2) is 23.0 Å². The minimum absolute atomic E-state index is 0.0315. The standard InChI is InChI=1S/C21H25N3O4/c1-13(2)20(27)22-17-9-7-14(3)18(12-17)24-21(28)23-16-6-4-5-15(11-16)8-10-19(25)26/h4-7,9,11-13H,8,10H2,1-3H3,(H,22,27)(H,25,26)(H2,23,24,28). The number of amides is 3. The molecule has 0 aliphatic carbocycles. The average molecular weight is 383 g/mol. The molecule has 2 aromatic rings. The Hall–Kier alpha value is -3.35. The van der Waals surface area contributed by atoms with Gasteiger partial charge in [0.2, 0.25) is 5.91 Å². The number of hydrogen-bond donors (Lipinski definition) is 4. The van der Waals surface area contributed by atoms with E-state index in [1.54, 1.807) is 44.2 Å². The molecule has 0 atom stereocenters. The fourth-order valence-corrected chi connectivity index (χ4v) is 2.46. The fourth-order valence-electron chi connectivity index (χ4n) is 2.46. The molecule has 0 aromatic heterocycles. The number of aliphatic carboxylic acids is 1. The first-order valence-corrected chi connectivity index (χ1v) is 9.05. The summed E-state index contributed by atoms with van der Waals surface area (Å²) in [7, 11) is 0. The Morgan fingerprint density at radius 3 is 2.36 bits per heavy atom. The lowest BCUT2D eigenvalue weighted by Gasteiger charge is -2.13. The molecule has 0 aliphatic rings. The van der Waals surface area contributed by atoms with E-state index in [0.29, 0.717) is 23.5 Å². The number of carboxylic acids is 1. The number of nitrogens with one attached hydrogen (secondary N) is 3. The molecule has 0 spiro atoms. The second-order valence-electron chi connectivity index (χ2n) is 6.85.